The van der Waals surface area contributed by atoms with Crippen LogP contribution < -0.4 is 5.32 Å². The number of nitriles is 1. The fourth-order valence-electron chi connectivity index (χ4n) is 1.42. The van der Waals surface area contributed by atoms with Crippen molar-refractivity contribution in [3.63, 3.8) is 0 Å². The number of nitrogens with one attached hydrogen (secondary N) is 1. The van der Waals surface area contributed by atoms with Crippen LogP contribution in [0, 0.1) is 30.6 Å². The van der Waals surface area contributed by atoms with Crippen LogP contribution in [-0.4, -0.2) is 16.7 Å². The van der Waals surface area contributed by atoms with Gasteiger partial charge in [0.2, 0.25) is 0 Å². The monoisotopic (exact) mass is 232 g/mol. The van der Waals surface area contributed by atoms with Crippen molar-refractivity contribution in [2.24, 2.45) is 5.41 Å². The average Bonchev–Trinajstić information content (AvgIpc) is 2.22. The third-order valence-electron chi connectivity index (χ3n) is 2.73. The second-order valence-electron chi connectivity index (χ2n) is 5.48. The maximum Gasteiger partial charge on any atom is 0.166 e. The fraction of sp³-hybridized carbons (Fsp3) is 0.615. The first kappa shape index (κ1) is 13.4. The van der Waals surface area contributed by atoms with Gasteiger partial charge in [0.05, 0.1) is 5.69 Å². The smallest absolute Gasteiger partial charge is 0.166 e. The van der Waals surface area contributed by atoms with Crippen molar-refractivity contribution in [2.75, 3.05) is 11.9 Å². The minimum absolute atomic E-state index is 0.271. The number of aromatic nitrogens is 2. The van der Waals surface area contributed by atoms with Crippen LogP contribution in [0.5, 0.6) is 0 Å². The maximum atomic E-state index is 9.13. The van der Waals surface area contributed by atoms with Crippen molar-refractivity contribution < 1.29 is 0 Å². The van der Waals surface area contributed by atoms with Gasteiger partial charge in [-0.25, -0.2) is 0 Å². The third kappa shape index (κ3) is 3.70. The van der Waals surface area contributed by atoms with Crippen LogP contribution in [0.4, 0.5) is 5.82 Å². The van der Waals surface area contributed by atoms with E-state index in [1.807, 2.05) is 13.8 Å². The van der Waals surface area contributed by atoms with Crippen LogP contribution in [0.15, 0.2) is 0 Å². The second kappa shape index (κ2) is 5.13. The number of hydrogen-bond donors (Lipinski definition) is 1. The Morgan fingerprint density at radius 1 is 1.24 bits per heavy atom. The first-order chi connectivity index (χ1) is 7.85. The molecule has 0 aromatic carbocycles. The van der Waals surface area contributed by atoms with Crippen LogP contribution in [-0.2, 0) is 0 Å². The summed E-state index contributed by atoms with van der Waals surface area (Å²) in [4.78, 5) is 0. The first-order valence-electron chi connectivity index (χ1n) is 5.83. The molecule has 1 rings (SSSR count). The first-order valence-corrected chi connectivity index (χ1v) is 5.83. The topological polar surface area (TPSA) is 61.6 Å². The molecule has 17 heavy (non-hydrogen) atoms. The van der Waals surface area contributed by atoms with E-state index >= 15 is 0 Å². The highest BCUT2D eigenvalue weighted by Crippen LogP contribution is 2.20. The Hall–Kier alpha value is -1.63. The van der Waals surface area contributed by atoms with Crippen molar-refractivity contribution in [1.29, 1.82) is 5.26 Å². The van der Waals surface area contributed by atoms with E-state index in [4.69, 9.17) is 5.26 Å². The Labute approximate surface area is 103 Å². The average molecular weight is 232 g/mol. The van der Waals surface area contributed by atoms with Gasteiger partial charge in [-0.1, -0.05) is 20.8 Å². The molecule has 0 bridgehead atoms. The van der Waals surface area contributed by atoms with Crippen LogP contribution >= 0.6 is 0 Å². The third-order valence-corrected chi connectivity index (χ3v) is 2.73. The molecule has 0 unspecified atom stereocenters. The zero-order chi connectivity index (χ0) is 13.1. The van der Waals surface area contributed by atoms with Gasteiger partial charge >= 0.3 is 0 Å². The van der Waals surface area contributed by atoms with Crippen LogP contribution in [0.1, 0.15) is 44.0 Å². The quantitative estimate of drug-likeness (QED) is 0.870. The number of hydrogen-bond acceptors (Lipinski definition) is 4. The lowest BCUT2D eigenvalue weighted by molar-refractivity contribution is 0.389. The summed E-state index contributed by atoms with van der Waals surface area (Å²) in [6.07, 6.45) is 1.02. The molecule has 0 saturated carbocycles. The Morgan fingerprint density at radius 2 is 1.88 bits per heavy atom. The summed E-state index contributed by atoms with van der Waals surface area (Å²) in [5.74, 6) is 0.597. The molecule has 4 nitrogen and oxygen atoms in total. The molecular weight excluding hydrogens is 212 g/mol. The van der Waals surface area contributed by atoms with Crippen molar-refractivity contribution in [3.8, 4) is 6.07 Å². The van der Waals surface area contributed by atoms with Gasteiger partial charge in [0, 0.05) is 6.54 Å². The highest BCUT2D eigenvalue weighted by atomic mass is 15.2. The maximum absolute atomic E-state index is 9.13. The van der Waals surface area contributed by atoms with Crippen molar-refractivity contribution in [1.82, 2.24) is 10.2 Å². The van der Waals surface area contributed by atoms with Gasteiger partial charge in [0.15, 0.2) is 5.82 Å². The number of anilines is 1. The molecule has 0 atom stereocenters. The zero-order valence-electron chi connectivity index (χ0n) is 11.3. The predicted octanol–water partition coefficient (Wildman–Crippen LogP) is 2.81. The number of aryl methyl sites for hydroxylation is 1. The normalized spacial score (nSPS) is 11.1. The summed E-state index contributed by atoms with van der Waals surface area (Å²) in [5.41, 5.74) is 2.59. The van der Waals surface area contributed by atoms with Gasteiger partial charge in [0.1, 0.15) is 11.6 Å². The van der Waals surface area contributed by atoms with E-state index in [0.29, 0.717) is 11.4 Å². The van der Waals surface area contributed by atoms with Crippen molar-refractivity contribution in [3.05, 3.63) is 16.8 Å². The standard InChI is InChI=1S/C13H20N4/c1-9-10(2)16-17-12(11(9)8-14)15-7-6-13(3,4)5/h6-7H2,1-5H3,(H,15,17). The molecule has 0 saturated heterocycles. The lowest BCUT2D eigenvalue weighted by Crippen LogP contribution is -2.15. The van der Waals surface area contributed by atoms with Crippen molar-refractivity contribution >= 4 is 5.82 Å². The van der Waals surface area contributed by atoms with Gasteiger partial charge in [-0.15, -0.1) is 5.10 Å². The zero-order valence-corrected chi connectivity index (χ0v) is 11.3. The molecule has 0 spiro atoms. The predicted molar refractivity (Wildman–Crippen MR) is 68.8 cm³/mol. The summed E-state index contributed by atoms with van der Waals surface area (Å²) in [5, 5.41) is 20.4. The minimum Gasteiger partial charge on any atom is -0.367 e. The minimum atomic E-state index is 0.271. The largest absolute Gasteiger partial charge is 0.367 e. The Balaban J connectivity index is 2.79. The summed E-state index contributed by atoms with van der Waals surface area (Å²) in [6.45, 7) is 11.1. The van der Waals surface area contributed by atoms with E-state index in [-0.39, 0.29) is 5.41 Å². The highest BCUT2D eigenvalue weighted by Gasteiger charge is 2.13. The molecule has 1 heterocycles. The van der Waals surface area contributed by atoms with E-state index < -0.39 is 0 Å². The molecule has 92 valence electrons. The van der Waals surface area contributed by atoms with E-state index in [1.165, 1.54) is 0 Å². The molecule has 1 N–H and O–H groups in total. The second-order valence-corrected chi connectivity index (χ2v) is 5.48. The lowest BCUT2D eigenvalue weighted by Gasteiger charge is -2.18. The van der Waals surface area contributed by atoms with Gasteiger partial charge in [-0.05, 0) is 31.2 Å². The summed E-state index contributed by atoms with van der Waals surface area (Å²) >= 11 is 0. The van der Waals surface area contributed by atoms with Crippen LogP contribution in [0.25, 0.3) is 0 Å². The summed E-state index contributed by atoms with van der Waals surface area (Å²) in [6, 6.07) is 2.19. The van der Waals surface area contributed by atoms with E-state index in [0.717, 1.165) is 24.2 Å². The van der Waals surface area contributed by atoms with Crippen LogP contribution in [0.3, 0.4) is 0 Å². The Kier molecular flexibility index (Phi) is 4.06. The number of nitrogens with zero attached hydrogens (tertiary/aromatic N) is 3. The summed E-state index contributed by atoms with van der Waals surface area (Å²) < 4.78 is 0. The fourth-order valence-corrected chi connectivity index (χ4v) is 1.42. The molecular formula is C13H20N4. The lowest BCUT2D eigenvalue weighted by atomic mass is 9.92. The van der Waals surface area contributed by atoms with Gasteiger partial charge in [-0.3, -0.25) is 0 Å². The van der Waals surface area contributed by atoms with Gasteiger partial charge in [-0.2, -0.15) is 10.4 Å². The Morgan fingerprint density at radius 3 is 2.41 bits per heavy atom. The molecule has 1 aromatic heterocycles. The summed E-state index contributed by atoms with van der Waals surface area (Å²) in [7, 11) is 0. The molecule has 0 amide bonds. The molecule has 0 aliphatic carbocycles. The molecule has 0 aliphatic heterocycles. The molecule has 0 aliphatic rings. The molecule has 1 aromatic rings. The SMILES string of the molecule is Cc1nnc(NCCC(C)(C)C)c(C#N)c1C. The van der Waals surface area contributed by atoms with E-state index in [9.17, 15) is 0 Å². The molecule has 0 radical (unpaired) electrons. The highest BCUT2D eigenvalue weighted by molar-refractivity contribution is 5.55. The molecule has 0 fully saturated rings. The molecule has 4 heteroatoms. The number of rotatable bonds is 3. The van der Waals surface area contributed by atoms with Gasteiger partial charge < -0.3 is 5.32 Å². The van der Waals surface area contributed by atoms with E-state index in [2.05, 4.69) is 42.4 Å². The van der Waals surface area contributed by atoms with Crippen molar-refractivity contribution in [2.45, 2.75) is 41.0 Å². The van der Waals surface area contributed by atoms with Gasteiger partial charge in [0.25, 0.3) is 0 Å². The van der Waals surface area contributed by atoms with E-state index in [1.54, 1.807) is 0 Å². The van der Waals surface area contributed by atoms with Crippen LogP contribution in [0.2, 0.25) is 0 Å². The Bertz CT molecular complexity index is 438.